The van der Waals surface area contributed by atoms with Crippen molar-refractivity contribution in [2.45, 2.75) is 6.54 Å². The second-order valence-corrected chi connectivity index (χ2v) is 6.21. The minimum atomic E-state index is -0.0718. The molecule has 0 spiro atoms. The third kappa shape index (κ3) is 2.98. The molecule has 2 aromatic rings. The smallest absolute Gasteiger partial charge is 0.259 e. The Kier molecular flexibility index (Phi) is 4.29. The van der Waals surface area contributed by atoms with E-state index >= 15 is 0 Å². The first-order valence-corrected chi connectivity index (χ1v) is 7.89. The van der Waals surface area contributed by atoms with Crippen molar-refractivity contribution in [3.8, 4) is 0 Å². The SMILES string of the molecule is O=C(c1cc(Br)ccc1Cl)N1CCNCc2ccccc21. The molecule has 0 aliphatic carbocycles. The van der Waals surface area contributed by atoms with E-state index in [1.807, 2.05) is 30.3 Å². The first-order chi connectivity index (χ1) is 10.2. The maximum Gasteiger partial charge on any atom is 0.259 e. The van der Waals surface area contributed by atoms with Crippen LogP contribution in [0.15, 0.2) is 46.9 Å². The molecule has 1 N–H and O–H groups in total. The van der Waals surface area contributed by atoms with Crippen molar-refractivity contribution < 1.29 is 4.79 Å². The fourth-order valence-electron chi connectivity index (χ4n) is 2.48. The summed E-state index contributed by atoms with van der Waals surface area (Å²) < 4.78 is 0.844. The maximum absolute atomic E-state index is 12.9. The Morgan fingerprint density at radius 2 is 2.05 bits per heavy atom. The van der Waals surface area contributed by atoms with E-state index in [0.717, 1.165) is 28.8 Å². The molecule has 0 fully saturated rings. The minimum absolute atomic E-state index is 0.0718. The number of para-hydroxylation sites is 1. The van der Waals surface area contributed by atoms with E-state index in [1.54, 1.807) is 17.0 Å². The Morgan fingerprint density at radius 3 is 2.90 bits per heavy atom. The molecule has 0 atom stereocenters. The molecule has 1 aliphatic heterocycles. The number of hydrogen-bond donors (Lipinski definition) is 1. The minimum Gasteiger partial charge on any atom is -0.311 e. The van der Waals surface area contributed by atoms with Gasteiger partial charge in [-0.2, -0.15) is 0 Å². The van der Waals surface area contributed by atoms with Crippen LogP contribution >= 0.6 is 27.5 Å². The summed E-state index contributed by atoms with van der Waals surface area (Å²) in [6.45, 7) is 2.15. The maximum atomic E-state index is 12.9. The number of carbonyl (C=O) groups is 1. The summed E-state index contributed by atoms with van der Waals surface area (Å²) in [5.74, 6) is -0.0718. The van der Waals surface area contributed by atoms with E-state index in [4.69, 9.17) is 11.6 Å². The Labute approximate surface area is 137 Å². The van der Waals surface area contributed by atoms with Gasteiger partial charge < -0.3 is 10.2 Å². The highest BCUT2D eigenvalue weighted by atomic mass is 79.9. The lowest BCUT2D eigenvalue weighted by atomic mass is 10.1. The van der Waals surface area contributed by atoms with Gasteiger partial charge in [0, 0.05) is 29.8 Å². The van der Waals surface area contributed by atoms with Crippen LogP contribution in [-0.4, -0.2) is 19.0 Å². The van der Waals surface area contributed by atoms with Crippen LogP contribution in [0, 0.1) is 0 Å². The molecule has 3 nitrogen and oxygen atoms in total. The van der Waals surface area contributed by atoms with Gasteiger partial charge in [0.25, 0.3) is 5.91 Å². The zero-order chi connectivity index (χ0) is 14.8. The fraction of sp³-hybridized carbons (Fsp3) is 0.188. The number of amides is 1. The van der Waals surface area contributed by atoms with Crippen LogP contribution in [0.25, 0.3) is 0 Å². The molecule has 21 heavy (non-hydrogen) atoms. The first-order valence-electron chi connectivity index (χ1n) is 6.72. The number of hydrogen-bond acceptors (Lipinski definition) is 2. The lowest BCUT2D eigenvalue weighted by Gasteiger charge is -2.23. The third-order valence-corrected chi connectivity index (χ3v) is 4.34. The van der Waals surface area contributed by atoms with Gasteiger partial charge in [-0.3, -0.25) is 4.79 Å². The molecule has 0 aromatic heterocycles. The van der Waals surface area contributed by atoms with Crippen molar-refractivity contribution in [1.82, 2.24) is 5.32 Å². The fourth-order valence-corrected chi connectivity index (χ4v) is 3.04. The summed E-state index contributed by atoms with van der Waals surface area (Å²) in [7, 11) is 0. The number of rotatable bonds is 1. The highest BCUT2D eigenvalue weighted by Crippen LogP contribution is 2.27. The van der Waals surface area contributed by atoms with Crippen LogP contribution in [0.2, 0.25) is 5.02 Å². The Hall–Kier alpha value is -1.36. The van der Waals surface area contributed by atoms with Gasteiger partial charge in [-0.25, -0.2) is 0 Å². The van der Waals surface area contributed by atoms with Gasteiger partial charge in [0.05, 0.1) is 10.6 Å². The zero-order valence-electron chi connectivity index (χ0n) is 11.3. The van der Waals surface area contributed by atoms with Crippen molar-refractivity contribution in [3.63, 3.8) is 0 Å². The van der Waals surface area contributed by atoms with Gasteiger partial charge >= 0.3 is 0 Å². The summed E-state index contributed by atoms with van der Waals surface area (Å²) in [5.41, 5.74) is 2.58. The second kappa shape index (κ2) is 6.18. The number of anilines is 1. The average Bonchev–Trinajstić information content (AvgIpc) is 2.71. The highest BCUT2D eigenvalue weighted by Gasteiger charge is 2.23. The number of nitrogens with zero attached hydrogens (tertiary/aromatic N) is 1. The van der Waals surface area contributed by atoms with Crippen molar-refractivity contribution in [3.05, 3.63) is 63.1 Å². The molecule has 0 saturated heterocycles. The molecular weight excluding hydrogens is 352 g/mol. The highest BCUT2D eigenvalue weighted by molar-refractivity contribution is 9.10. The van der Waals surface area contributed by atoms with Gasteiger partial charge in [-0.15, -0.1) is 0 Å². The largest absolute Gasteiger partial charge is 0.311 e. The van der Waals surface area contributed by atoms with Gasteiger partial charge in [0.2, 0.25) is 0 Å². The number of benzene rings is 2. The molecule has 5 heteroatoms. The molecule has 0 saturated carbocycles. The molecule has 1 amide bonds. The topological polar surface area (TPSA) is 32.3 Å². The van der Waals surface area contributed by atoms with E-state index in [2.05, 4.69) is 21.2 Å². The number of fused-ring (bicyclic) bond motifs is 1. The molecule has 2 aromatic carbocycles. The summed E-state index contributed by atoms with van der Waals surface area (Å²) in [6, 6.07) is 13.3. The molecule has 108 valence electrons. The number of nitrogens with one attached hydrogen (secondary N) is 1. The monoisotopic (exact) mass is 364 g/mol. The molecule has 1 aliphatic rings. The zero-order valence-corrected chi connectivity index (χ0v) is 13.6. The Morgan fingerprint density at radius 1 is 1.24 bits per heavy atom. The van der Waals surface area contributed by atoms with Crippen LogP contribution in [0.5, 0.6) is 0 Å². The lowest BCUT2D eigenvalue weighted by Crippen LogP contribution is -2.34. The van der Waals surface area contributed by atoms with Crippen LogP contribution in [0.3, 0.4) is 0 Å². The first kappa shape index (κ1) is 14.6. The van der Waals surface area contributed by atoms with E-state index in [1.165, 1.54) is 0 Å². The predicted octanol–water partition coefficient (Wildman–Crippen LogP) is 3.85. The molecule has 0 unspecified atom stereocenters. The summed E-state index contributed by atoms with van der Waals surface area (Å²) in [4.78, 5) is 14.7. The third-order valence-electron chi connectivity index (χ3n) is 3.51. The van der Waals surface area contributed by atoms with Crippen LogP contribution in [0.4, 0.5) is 5.69 Å². The molecular formula is C16H14BrClN2O. The normalized spacial score (nSPS) is 14.5. The average molecular weight is 366 g/mol. The number of halogens is 2. The molecule has 0 bridgehead atoms. The second-order valence-electron chi connectivity index (χ2n) is 4.89. The van der Waals surface area contributed by atoms with Gasteiger partial charge in [0.15, 0.2) is 0 Å². The summed E-state index contributed by atoms with van der Waals surface area (Å²) >= 11 is 9.59. The van der Waals surface area contributed by atoms with E-state index < -0.39 is 0 Å². The molecule has 0 radical (unpaired) electrons. The van der Waals surface area contributed by atoms with Crippen molar-refractivity contribution in [1.29, 1.82) is 0 Å². The predicted molar refractivity (Wildman–Crippen MR) is 89.0 cm³/mol. The van der Waals surface area contributed by atoms with Gasteiger partial charge in [0.1, 0.15) is 0 Å². The van der Waals surface area contributed by atoms with Crippen molar-refractivity contribution in [2.75, 3.05) is 18.0 Å². The van der Waals surface area contributed by atoms with Crippen LogP contribution < -0.4 is 10.2 Å². The number of carbonyl (C=O) groups excluding carboxylic acids is 1. The summed E-state index contributed by atoms with van der Waals surface area (Å²) in [5, 5.41) is 3.80. The quantitative estimate of drug-likeness (QED) is 0.832. The van der Waals surface area contributed by atoms with E-state index in [9.17, 15) is 4.79 Å². The van der Waals surface area contributed by atoms with Crippen LogP contribution in [0.1, 0.15) is 15.9 Å². The summed E-state index contributed by atoms with van der Waals surface area (Å²) in [6.07, 6.45) is 0. The van der Waals surface area contributed by atoms with E-state index in [-0.39, 0.29) is 5.91 Å². The van der Waals surface area contributed by atoms with Gasteiger partial charge in [-0.05, 0) is 29.8 Å². The molecule has 1 heterocycles. The lowest BCUT2D eigenvalue weighted by molar-refractivity contribution is 0.0987. The van der Waals surface area contributed by atoms with Crippen molar-refractivity contribution in [2.24, 2.45) is 0 Å². The standard InChI is InChI=1S/C16H14BrClN2O/c17-12-5-6-14(18)13(9-12)16(21)20-8-7-19-10-11-3-1-2-4-15(11)20/h1-6,9,19H,7-8,10H2. The van der Waals surface area contributed by atoms with Gasteiger partial charge in [-0.1, -0.05) is 45.7 Å². The molecule has 3 rings (SSSR count). The van der Waals surface area contributed by atoms with Crippen molar-refractivity contribution >= 4 is 39.1 Å². The Bertz CT molecular complexity index is 690. The van der Waals surface area contributed by atoms with E-state index in [0.29, 0.717) is 17.1 Å². The van der Waals surface area contributed by atoms with Crippen LogP contribution in [-0.2, 0) is 6.54 Å². The Balaban J connectivity index is 2.03.